The van der Waals surface area contributed by atoms with Crippen molar-refractivity contribution in [1.29, 1.82) is 5.26 Å². The molecule has 0 saturated heterocycles. The molecule has 0 aliphatic heterocycles. The highest BCUT2D eigenvalue weighted by molar-refractivity contribution is 6.31. The number of benzene rings is 1. The fraction of sp³-hybridized carbons (Fsp3) is 0.368. The second-order valence-corrected chi connectivity index (χ2v) is 7.14. The predicted octanol–water partition coefficient (Wildman–Crippen LogP) is 4.17. The fourth-order valence-electron chi connectivity index (χ4n) is 4.28. The van der Waals surface area contributed by atoms with Crippen LogP contribution in [0.2, 0.25) is 5.02 Å². The zero-order valence-electron chi connectivity index (χ0n) is 12.9. The second-order valence-electron chi connectivity index (χ2n) is 6.70. The highest BCUT2D eigenvalue weighted by Crippen LogP contribution is 2.46. The number of nitrogen functional groups attached to an aromatic ring is 1. The van der Waals surface area contributed by atoms with E-state index in [-0.39, 0.29) is 0 Å². The summed E-state index contributed by atoms with van der Waals surface area (Å²) < 4.78 is 0. The molecule has 3 nitrogen and oxygen atoms in total. The van der Waals surface area contributed by atoms with Crippen molar-refractivity contribution in [3.63, 3.8) is 0 Å². The Hall–Kier alpha value is -2.05. The summed E-state index contributed by atoms with van der Waals surface area (Å²) in [5.41, 5.74) is 12.4. The van der Waals surface area contributed by atoms with Crippen LogP contribution in [0.4, 0.5) is 5.69 Å². The molecule has 0 amide bonds. The van der Waals surface area contributed by atoms with Gasteiger partial charge in [-0.15, -0.1) is 0 Å². The quantitative estimate of drug-likeness (QED) is 0.843. The first-order chi connectivity index (χ1) is 11.2. The van der Waals surface area contributed by atoms with Crippen LogP contribution in [0.1, 0.15) is 42.9 Å². The van der Waals surface area contributed by atoms with Crippen LogP contribution in [-0.4, -0.2) is 0 Å². The highest BCUT2D eigenvalue weighted by Gasteiger charge is 2.36. The van der Waals surface area contributed by atoms with Gasteiger partial charge in [0.05, 0.1) is 17.1 Å². The number of fused-ring (bicyclic) bond motifs is 5. The third kappa shape index (κ3) is 2.48. The minimum Gasteiger partial charge on any atom is -0.398 e. The van der Waals surface area contributed by atoms with E-state index in [0.29, 0.717) is 18.3 Å². The van der Waals surface area contributed by atoms with Crippen LogP contribution in [0.25, 0.3) is 10.9 Å². The Labute approximate surface area is 140 Å². The molecule has 2 aliphatic carbocycles. The summed E-state index contributed by atoms with van der Waals surface area (Å²) in [7, 11) is 0. The summed E-state index contributed by atoms with van der Waals surface area (Å²) in [5, 5.41) is 10.6. The van der Waals surface area contributed by atoms with Gasteiger partial charge in [-0.25, -0.2) is 4.98 Å². The summed E-state index contributed by atoms with van der Waals surface area (Å²) >= 11 is 6.12. The Morgan fingerprint density at radius 1 is 1.35 bits per heavy atom. The number of halogens is 1. The fourth-order valence-corrected chi connectivity index (χ4v) is 4.45. The average Bonchev–Trinajstić information content (AvgIpc) is 2.52. The number of aromatic amines is 1. The maximum Gasteiger partial charge on any atom is 0.214 e. The van der Waals surface area contributed by atoms with Crippen LogP contribution in [0.5, 0.6) is 0 Å². The van der Waals surface area contributed by atoms with Crippen molar-refractivity contribution in [1.82, 2.24) is 0 Å². The molecule has 4 heteroatoms. The number of nitrogens with two attached hydrogens (primary N) is 1. The van der Waals surface area contributed by atoms with Crippen molar-refractivity contribution >= 4 is 28.2 Å². The zero-order chi connectivity index (χ0) is 16.0. The number of nitriles is 1. The lowest BCUT2D eigenvalue weighted by Crippen LogP contribution is -2.30. The summed E-state index contributed by atoms with van der Waals surface area (Å²) in [4.78, 5) is 3.57. The van der Waals surface area contributed by atoms with Crippen molar-refractivity contribution in [2.45, 2.75) is 38.0 Å². The standard InChI is InChI=1S/C19H18ClN3/c20-14-3-4-15-16(10-14)23-17-9-12-6-11(2-1-5-21)7-13(8-12)18(17)19(15)22/h3-4,6,10,12-13H,1-2,7-9H2,(H2,22,23)/p+1. The van der Waals surface area contributed by atoms with Gasteiger partial charge in [0.15, 0.2) is 5.69 Å². The third-order valence-electron chi connectivity index (χ3n) is 5.17. The van der Waals surface area contributed by atoms with E-state index in [1.54, 1.807) is 0 Å². The number of allylic oxidation sites excluding steroid dienone is 2. The minimum atomic E-state index is 0.471. The molecule has 0 fully saturated rings. The minimum absolute atomic E-state index is 0.471. The van der Waals surface area contributed by atoms with E-state index >= 15 is 0 Å². The van der Waals surface area contributed by atoms with Crippen LogP contribution in [0.15, 0.2) is 29.8 Å². The number of pyridine rings is 1. The topological polar surface area (TPSA) is 64.0 Å². The van der Waals surface area contributed by atoms with Gasteiger partial charge in [-0.2, -0.15) is 5.26 Å². The molecule has 2 unspecified atom stereocenters. The monoisotopic (exact) mass is 324 g/mol. The molecule has 3 N–H and O–H groups in total. The number of rotatable bonds is 2. The maximum atomic E-state index is 8.83. The van der Waals surface area contributed by atoms with Gasteiger partial charge in [0, 0.05) is 29.5 Å². The predicted molar refractivity (Wildman–Crippen MR) is 92.0 cm³/mol. The summed E-state index contributed by atoms with van der Waals surface area (Å²) in [6.07, 6.45) is 7.08. The van der Waals surface area contributed by atoms with E-state index in [9.17, 15) is 0 Å². The van der Waals surface area contributed by atoms with Crippen molar-refractivity contribution in [2.75, 3.05) is 5.73 Å². The molecule has 0 spiro atoms. The van der Waals surface area contributed by atoms with E-state index in [1.165, 1.54) is 23.3 Å². The van der Waals surface area contributed by atoms with Crippen LogP contribution in [0, 0.1) is 17.2 Å². The van der Waals surface area contributed by atoms with Crippen LogP contribution < -0.4 is 10.7 Å². The summed E-state index contributed by atoms with van der Waals surface area (Å²) in [5.74, 6) is 1.03. The van der Waals surface area contributed by atoms with Crippen molar-refractivity contribution in [2.24, 2.45) is 5.92 Å². The van der Waals surface area contributed by atoms with Gasteiger partial charge in [0.2, 0.25) is 5.52 Å². The normalized spacial score (nSPS) is 22.3. The van der Waals surface area contributed by atoms with E-state index in [2.05, 4.69) is 17.1 Å². The van der Waals surface area contributed by atoms with Gasteiger partial charge in [-0.05, 0) is 43.2 Å². The molecule has 116 valence electrons. The molecule has 1 aromatic carbocycles. The number of anilines is 1. The Morgan fingerprint density at radius 2 is 2.22 bits per heavy atom. The Morgan fingerprint density at radius 3 is 3.04 bits per heavy atom. The van der Waals surface area contributed by atoms with Crippen LogP contribution >= 0.6 is 11.6 Å². The molecule has 2 aromatic rings. The molecule has 4 rings (SSSR count). The van der Waals surface area contributed by atoms with Gasteiger partial charge in [0.25, 0.3) is 0 Å². The SMILES string of the molecule is N#CCCC1=CC2Cc3[nH+]c4cc(Cl)ccc4c(N)c3C(C1)C2. The first kappa shape index (κ1) is 14.5. The van der Waals surface area contributed by atoms with Crippen LogP contribution in [-0.2, 0) is 6.42 Å². The number of H-pyrrole nitrogens is 1. The molecule has 23 heavy (non-hydrogen) atoms. The number of hydrogen-bond donors (Lipinski definition) is 1. The van der Waals surface area contributed by atoms with E-state index in [4.69, 9.17) is 22.6 Å². The lowest BCUT2D eigenvalue weighted by molar-refractivity contribution is -0.360. The second kappa shape index (κ2) is 5.54. The molecule has 2 aliphatic rings. The molecule has 1 heterocycles. The lowest BCUT2D eigenvalue weighted by atomic mass is 9.70. The Bertz CT molecular complexity index is 863. The van der Waals surface area contributed by atoms with Crippen LogP contribution in [0.3, 0.4) is 0 Å². The highest BCUT2D eigenvalue weighted by atomic mass is 35.5. The molecule has 0 radical (unpaired) electrons. The van der Waals surface area contributed by atoms with Gasteiger partial charge >= 0.3 is 0 Å². The average molecular weight is 325 g/mol. The zero-order valence-corrected chi connectivity index (χ0v) is 13.7. The van der Waals surface area contributed by atoms with Gasteiger partial charge in [-0.3, -0.25) is 0 Å². The van der Waals surface area contributed by atoms with Gasteiger partial charge in [-0.1, -0.05) is 23.3 Å². The molecule has 0 saturated carbocycles. The summed E-state index contributed by atoms with van der Waals surface area (Å²) in [6.45, 7) is 0. The first-order valence-corrected chi connectivity index (χ1v) is 8.53. The largest absolute Gasteiger partial charge is 0.398 e. The van der Waals surface area contributed by atoms with E-state index < -0.39 is 0 Å². The summed E-state index contributed by atoms with van der Waals surface area (Å²) in [6, 6.07) is 8.11. The number of nitrogens with one attached hydrogen (secondary N) is 1. The smallest absolute Gasteiger partial charge is 0.214 e. The number of hydrogen-bond acceptors (Lipinski definition) is 2. The Kier molecular flexibility index (Phi) is 3.50. The van der Waals surface area contributed by atoms with E-state index in [0.717, 1.165) is 40.9 Å². The maximum absolute atomic E-state index is 8.83. The molecular weight excluding hydrogens is 306 g/mol. The lowest BCUT2D eigenvalue weighted by Gasteiger charge is -2.33. The first-order valence-electron chi connectivity index (χ1n) is 8.15. The number of aromatic nitrogens is 1. The molecule has 2 bridgehead atoms. The molecular formula is C19H19ClN3+. The molecule has 1 aromatic heterocycles. The van der Waals surface area contributed by atoms with E-state index in [1.807, 2.05) is 18.2 Å². The Balaban J connectivity index is 1.79. The van der Waals surface area contributed by atoms with Crippen molar-refractivity contribution in [3.8, 4) is 6.07 Å². The van der Waals surface area contributed by atoms with Crippen molar-refractivity contribution < 1.29 is 4.98 Å². The van der Waals surface area contributed by atoms with Gasteiger partial charge in [0.1, 0.15) is 0 Å². The third-order valence-corrected chi connectivity index (χ3v) is 5.41. The molecule has 2 atom stereocenters. The van der Waals surface area contributed by atoms with Gasteiger partial charge < -0.3 is 5.73 Å². The van der Waals surface area contributed by atoms with Crippen molar-refractivity contribution in [3.05, 3.63) is 46.1 Å². The number of nitrogens with zero attached hydrogens (tertiary/aromatic N) is 1.